The molecule has 1 unspecified atom stereocenters. The number of alkyl halides is 3. The number of anilines is 1. The Morgan fingerprint density at radius 3 is 2.56 bits per heavy atom. The molecule has 0 aliphatic carbocycles. The summed E-state index contributed by atoms with van der Waals surface area (Å²) in [5.41, 5.74) is 2.25. The Morgan fingerprint density at radius 1 is 1.19 bits per heavy atom. The van der Waals surface area contributed by atoms with E-state index in [-0.39, 0.29) is 12.8 Å². The van der Waals surface area contributed by atoms with Gasteiger partial charge in [0.05, 0.1) is 6.54 Å². The van der Waals surface area contributed by atoms with Crippen molar-refractivity contribution in [3.8, 4) is 5.75 Å². The van der Waals surface area contributed by atoms with Crippen molar-refractivity contribution < 1.29 is 37.0 Å². The van der Waals surface area contributed by atoms with Gasteiger partial charge in [-0.05, 0) is 42.7 Å². The molecule has 1 aromatic heterocycles. The largest absolute Gasteiger partial charge is 0.492 e. The number of aliphatic carboxylic acids is 1. The van der Waals surface area contributed by atoms with Crippen LogP contribution in [0, 0.1) is 0 Å². The number of aromatic nitrogens is 1. The molecule has 3 aromatic rings. The molecule has 0 aliphatic rings. The van der Waals surface area contributed by atoms with Crippen molar-refractivity contribution >= 4 is 23.1 Å². The second-order valence-electron chi connectivity index (χ2n) is 7.17. The van der Waals surface area contributed by atoms with Crippen LogP contribution in [-0.2, 0) is 16.0 Å². The number of hydrogen-bond donors (Lipinski definition) is 1. The lowest BCUT2D eigenvalue weighted by Gasteiger charge is -2.16. The summed E-state index contributed by atoms with van der Waals surface area (Å²) in [5.74, 6) is -0.805. The maximum absolute atomic E-state index is 12.2. The van der Waals surface area contributed by atoms with E-state index in [1.165, 1.54) is 0 Å². The van der Waals surface area contributed by atoms with Crippen molar-refractivity contribution in [2.45, 2.75) is 25.1 Å². The molecule has 32 heavy (non-hydrogen) atoms. The molecule has 0 amide bonds. The second-order valence-corrected chi connectivity index (χ2v) is 7.17. The van der Waals surface area contributed by atoms with Gasteiger partial charge >= 0.3 is 12.1 Å². The van der Waals surface area contributed by atoms with Gasteiger partial charge in [-0.15, -0.1) is 0 Å². The summed E-state index contributed by atoms with van der Waals surface area (Å²) in [6, 6.07) is 14.9. The lowest BCUT2D eigenvalue weighted by Crippen LogP contribution is -2.29. The van der Waals surface area contributed by atoms with Crippen LogP contribution >= 0.6 is 0 Å². The van der Waals surface area contributed by atoms with Crippen LogP contribution in [0.15, 0.2) is 52.9 Å². The third kappa shape index (κ3) is 6.88. The minimum absolute atomic E-state index is 0.0685. The van der Waals surface area contributed by atoms with E-state index >= 15 is 0 Å². The molecule has 7 nitrogen and oxygen atoms in total. The van der Waals surface area contributed by atoms with Gasteiger partial charge in [-0.3, -0.25) is 0 Å². The highest BCUT2D eigenvalue weighted by Crippen LogP contribution is 2.21. The van der Waals surface area contributed by atoms with E-state index in [2.05, 4.69) is 9.72 Å². The van der Waals surface area contributed by atoms with E-state index in [4.69, 9.17) is 14.3 Å². The van der Waals surface area contributed by atoms with Crippen LogP contribution in [0.4, 0.5) is 19.2 Å². The summed E-state index contributed by atoms with van der Waals surface area (Å²) in [5, 5.41) is 9.03. The molecule has 0 saturated heterocycles. The summed E-state index contributed by atoms with van der Waals surface area (Å²) < 4.78 is 52.6. The van der Waals surface area contributed by atoms with Crippen molar-refractivity contribution in [2.24, 2.45) is 0 Å². The number of halogens is 3. The first-order valence-corrected chi connectivity index (χ1v) is 9.91. The predicted octanol–water partition coefficient (Wildman–Crippen LogP) is 4.31. The lowest BCUT2D eigenvalue weighted by atomic mass is 10.1. The zero-order valence-electron chi connectivity index (χ0n) is 17.3. The van der Waals surface area contributed by atoms with E-state index in [9.17, 15) is 18.0 Å². The molecule has 0 fully saturated rings. The average Bonchev–Trinajstić information content (AvgIpc) is 3.18. The topological polar surface area (TPSA) is 85.0 Å². The molecule has 1 atom stereocenters. The monoisotopic (exact) mass is 452 g/mol. The van der Waals surface area contributed by atoms with Gasteiger partial charge in [0.2, 0.25) is 0 Å². The van der Waals surface area contributed by atoms with Crippen LogP contribution in [0.1, 0.15) is 12.0 Å². The number of carbonyl (C=O) groups is 1. The first kappa shape index (κ1) is 23.4. The number of carboxylic acids is 1. The number of aryl methyl sites for hydroxylation is 1. The summed E-state index contributed by atoms with van der Waals surface area (Å²) in [6.07, 6.45) is -5.90. The fourth-order valence-corrected chi connectivity index (χ4v) is 2.94. The van der Waals surface area contributed by atoms with Gasteiger partial charge in [0.15, 0.2) is 11.7 Å². The van der Waals surface area contributed by atoms with E-state index in [0.717, 1.165) is 11.1 Å². The molecule has 2 aromatic carbocycles. The van der Waals surface area contributed by atoms with Crippen LogP contribution in [0.2, 0.25) is 0 Å². The predicted molar refractivity (Wildman–Crippen MR) is 111 cm³/mol. The molecule has 0 radical (unpaired) electrons. The molecule has 1 heterocycles. The lowest BCUT2D eigenvalue weighted by molar-refractivity contribution is -0.193. The van der Waals surface area contributed by atoms with E-state index in [1.807, 2.05) is 36.2 Å². The Hall–Kier alpha value is -3.27. The van der Waals surface area contributed by atoms with Crippen molar-refractivity contribution in [1.29, 1.82) is 0 Å². The van der Waals surface area contributed by atoms with Crippen LogP contribution < -0.4 is 9.64 Å². The highest BCUT2D eigenvalue weighted by molar-refractivity contribution is 5.74. The normalized spacial score (nSPS) is 12.6. The zero-order valence-corrected chi connectivity index (χ0v) is 17.3. The van der Waals surface area contributed by atoms with E-state index in [0.29, 0.717) is 30.5 Å². The Morgan fingerprint density at radius 2 is 1.91 bits per heavy atom. The first-order chi connectivity index (χ1) is 15.2. The molecular formula is C22H23F3N2O5. The maximum atomic E-state index is 12.2. The Labute approximate surface area is 182 Å². The number of para-hydroxylation sites is 2. The SMILES string of the molecule is CN(CCOc1ccc(CCC(OCC(F)(F)F)C(=O)O)cc1)c1nc2ccccc2o1. The van der Waals surface area contributed by atoms with E-state index in [1.54, 1.807) is 24.3 Å². The third-order valence-corrected chi connectivity index (χ3v) is 4.65. The quantitative estimate of drug-likeness (QED) is 0.464. The number of oxazole rings is 1. The number of ether oxygens (including phenoxy) is 2. The highest BCUT2D eigenvalue weighted by atomic mass is 19.4. The summed E-state index contributed by atoms with van der Waals surface area (Å²) >= 11 is 0. The van der Waals surface area contributed by atoms with Gasteiger partial charge < -0.3 is 23.9 Å². The first-order valence-electron chi connectivity index (χ1n) is 9.91. The molecule has 0 bridgehead atoms. The van der Waals surface area contributed by atoms with Gasteiger partial charge in [0.1, 0.15) is 24.5 Å². The number of carboxylic acid groups (broad SMARTS) is 1. The van der Waals surface area contributed by atoms with Gasteiger partial charge in [-0.25, -0.2) is 4.79 Å². The smallest absolute Gasteiger partial charge is 0.411 e. The number of fused-ring (bicyclic) bond motifs is 1. The summed E-state index contributed by atoms with van der Waals surface area (Å²) in [4.78, 5) is 17.3. The van der Waals surface area contributed by atoms with Gasteiger partial charge in [0, 0.05) is 7.05 Å². The fourth-order valence-electron chi connectivity index (χ4n) is 2.94. The Balaban J connectivity index is 1.44. The van der Waals surface area contributed by atoms with Crippen molar-refractivity contribution in [1.82, 2.24) is 4.98 Å². The van der Waals surface area contributed by atoms with Gasteiger partial charge in [-0.1, -0.05) is 24.3 Å². The third-order valence-electron chi connectivity index (χ3n) is 4.65. The number of rotatable bonds is 11. The van der Waals surface area contributed by atoms with Gasteiger partial charge in [-0.2, -0.15) is 18.2 Å². The molecule has 10 heteroatoms. The van der Waals surface area contributed by atoms with Crippen molar-refractivity contribution in [3.05, 3.63) is 54.1 Å². The Bertz CT molecular complexity index is 987. The fraction of sp³-hybridized carbons (Fsp3) is 0.364. The number of nitrogens with zero attached hydrogens (tertiary/aromatic N) is 2. The summed E-state index contributed by atoms with van der Waals surface area (Å²) in [6.45, 7) is -0.679. The molecule has 172 valence electrons. The second kappa shape index (κ2) is 10.4. The van der Waals surface area contributed by atoms with Crippen LogP contribution in [-0.4, -0.2) is 55.1 Å². The van der Waals surface area contributed by atoms with E-state index < -0.39 is 24.9 Å². The standard InChI is InChI=1S/C22H23F3N2O5/c1-27(21-26-17-4-2-3-5-18(17)32-21)12-13-30-16-9-6-15(7-10-16)8-11-19(20(28)29)31-14-22(23,24)25/h2-7,9-10,19H,8,11-14H2,1H3,(H,28,29). The van der Waals surface area contributed by atoms with Crippen LogP contribution in [0.5, 0.6) is 5.75 Å². The maximum Gasteiger partial charge on any atom is 0.411 e. The molecule has 0 saturated carbocycles. The number of benzene rings is 2. The van der Waals surface area contributed by atoms with Crippen LogP contribution in [0.25, 0.3) is 11.1 Å². The van der Waals surface area contributed by atoms with Crippen molar-refractivity contribution in [3.63, 3.8) is 0 Å². The molecule has 3 rings (SSSR count). The Kier molecular flexibility index (Phi) is 7.57. The molecule has 0 spiro atoms. The zero-order chi connectivity index (χ0) is 23.1. The summed E-state index contributed by atoms with van der Waals surface area (Å²) in [7, 11) is 1.84. The molecule has 1 N–H and O–H groups in total. The number of hydrogen-bond acceptors (Lipinski definition) is 6. The minimum Gasteiger partial charge on any atom is -0.492 e. The molecular weight excluding hydrogens is 429 g/mol. The van der Waals surface area contributed by atoms with Crippen molar-refractivity contribution in [2.75, 3.05) is 31.7 Å². The van der Waals surface area contributed by atoms with Gasteiger partial charge in [0.25, 0.3) is 6.01 Å². The highest BCUT2D eigenvalue weighted by Gasteiger charge is 2.31. The average molecular weight is 452 g/mol. The minimum atomic E-state index is -4.57. The molecule has 0 aliphatic heterocycles. The number of likely N-dealkylation sites (N-methyl/N-ethyl adjacent to an activating group) is 1. The van der Waals surface area contributed by atoms with Crippen LogP contribution in [0.3, 0.4) is 0 Å².